The van der Waals surface area contributed by atoms with Gasteiger partial charge in [0.05, 0.1) is 9.60 Å². The highest BCUT2D eigenvalue weighted by atomic mass is 16.3. The van der Waals surface area contributed by atoms with Crippen molar-refractivity contribution in [1.29, 1.82) is 1.43 Å². The van der Waals surface area contributed by atoms with E-state index in [9.17, 15) is 14.4 Å². The fraction of sp³-hybridized carbons (Fsp3) is 0.526. The molecule has 1 heterocycles. The number of hydrogen-bond donors (Lipinski definition) is 3. The second-order valence-corrected chi connectivity index (χ2v) is 4.36. The summed E-state index contributed by atoms with van der Waals surface area (Å²) < 4.78 is 216. The van der Waals surface area contributed by atoms with Gasteiger partial charge in [0, 0.05) is 36.8 Å². The first-order valence-electron chi connectivity index (χ1n) is 19.7. The molecule has 1 unspecified atom stereocenters. The van der Waals surface area contributed by atoms with E-state index in [0.29, 0.717) is 0 Å². The zero-order valence-electron chi connectivity index (χ0n) is 39.5. The topological polar surface area (TPSA) is 98.7 Å². The highest BCUT2D eigenvalue weighted by molar-refractivity contribution is 5.93. The van der Waals surface area contributed by atoms with Crippen LogP contribution in [0, 0.1) is 5.89 Å². The summed E-state index contributed by atoms with van der Waals surface area (Å²) in [6.07, 6.45) is -8.92. The number of carbonyl (C=O) groups is 3. The van der Waals surface area contributed by atoms with E-state index in [1.807, 2.05) is 0 Å². The van der Waals surface area contributed by atoms with Gasteiger partial charge < -0.3 is 20.6 Å². The van der Waals surface area contributed by atoms with Crippen molar-refractivity contribution in [2.24, 2.45) is 5.89 Å². The molecule has 3 amide bonds. The molecule has 0 aliphatic carbocycles. The number of rotatable bonds is 6. The van der Waals surface area contributed by atoms with Crippen LogP contribution in [-0.4, -0.2) is 54.7 Å². The molecule has 3 atom stereocenters. The van der Waals surface area contributed by atoms with Crippen molar-refractivity contribution in [3.8, 4) is 0 Å². The Kier molecular flexibility index (Phi) is 1.45. The molecular formula is C19H27N3O4. The Bertz CT molecular complexity index is 1670. The molecule has 1 aromatic rings. The number of carbonyl (C=O) groups excluding carboxylic acids is 3. The maximum Gasteiger partial charge on any atom is 0.249 e. The number of aliphatic hydroxyl groups is 1. The summed E-state index contributed by atoms with van der Waals surface area (Å²) in [6, 6.07) is -15.8. The summed E-state index contributed by atoms with van der Waals surface area (Å²) in [5, 5.41) is 0.746. The fourth-order valence-electron chi connectivity index (χ4n) is 1.52. The monoisotopic (exact) mass is 388 g/mol. The Morgan fingerprint density at radius 3 is 3.00 bits per heavy atom. The van der Waals surface area contributed by atoms with Crippen LogP contribution in [0.1, 0.15) is 70.6 Å². The molecule has 3 N–H and O–H groups in total. The Morgan fingerprint density at radius 1 is 1.50 bits per heavy atom. The van der Waals surface area contributed by atoms with E-state index in [1.54, 1.807) is 0 Å². The number of benzene rings is 1. The van der Waals surface area contributed by atoms with Gasteiger partial charge in [0.1, 0.15) is 18.1 Å². The SMILES string of the molecule is [2H]O[C@]([2H])(C(=O)N([2H])[C@]([2H])(C(=O)N([2H])C1([2H])C(=O)N(C([2H])([2H])[2H])C([2H])([2H])C([2H])([2H])c2c([2H])c([2H])c([2H])c([2H])c21)C([2H])([2H])[2H])C([2H])(C([2H])([2H])[2H])C([2H])([2H])[2H]. The molecule has 0 radical (unpaired) electrons. The van der Waals surface area contributed by atoms with Crippen molar-refractivity contribution in [2.75, 3.05) is 13.5 Å². The molecule has 7 nitrogen and oxygen atoms in total. The largest absolute Gasteiger partial charge is 0.383 e. The number of amides is 3. The lowest BCUT2D eigenvalue weighted by Crippen LogP contribution is -2.51. The van der Waals surface area contributed by atoms with E-state index in [0.717, 1.165) is 0 Å². The molecule has 0 fully saturated rings. The normalized spacial score (nSPS) is 45.9. The summed E-state index contributed by atoms with van der Waals surface area (Å²) in [5.41, 5.74) is -3.69. The van der Waals surface area contributed by atoms with E-state index in [1.165, 1.54) is 0 Å². The van der Waals surface area contributed by atoms with Crippen molar-refractivity contribution >= 4 is 17.7 Å². The van der Waals surface area contributed by atoms with Gasteiger partial charge in [-0.2, -0.15) is 0 Å². The average molecular weight is 389 g/mol. The van der Waals surface area contributed by atoms with Gasteiger partial charge >= 0.3 is 0 Å². The predicted molar refractivity (Wildman–Crippen MR) is 97.1 cm³/mol. The van der Waals surface area contributed by atoms with Gasteiger partial charge in [-0.3, -0.25) is 14.4 Å². The van der Waals surface area contributed by atoms with E-state index in [4.69, 9.17) is 37.2 Å². The molecule has 2 rings (SSSR count). The molecule has 1 aliphatic heterocycles. The molecule has 0 saturated heterocycles. The van der Waals surface area contributed by atoms with Crippen LogP contribution in [-0.2, 0) is 20.8 Å². The highest BCUT2D eigenvalue weighted by Crippen LogP contribution is 2.24. The quantitative estimate of drug-likeness (QED) is 0.656. The summed E-state index contributed by atoms with van der Waals surface area (Å²) >= 11 is 0. The molecule has 1 aromatic carbocycles. The van der Waals surface area contributed by atoms with Crippen molar-refractivity contribution in [3.05, 3.63) is 35.3 Å². The first-order valence-corrected chi connectivity index (χ1v) is 6.38. The van der Waals surface area contributed by atoms with Crippen LogP contribution in [0.15, 0.2) is 24.2 Å². The number of hydrogen-bond acceptors (Lipinski definition) is 4. The average Bonchev–Trinajstić information content (AvgIpc) is 3.02. The molecule has 7 heteroatoms. The Hall–Kier alpha value is -2.41. The van der Waals surface area contributed by atoms with Crippen LogP contribution in [0.3, 0.4) is 0 Å². The minimum absolute atomic E-state index is 1.07. The number of nitrogens with zero attached hydrogens (tertiary/aromatic N) is 1. The predicted octanol–water partition coefficient (Wildman–Crippen LogP) is 0.380. The molecule has 0 aromatic heterocycles. The maximum atomic E-state index is 14.1. The highest BCUT2D eigenvalue weighted by Gasteiger charge is 2.32. The van der Waals surface area contributed by atoms with Crippen molar-refractivity contribution < 1.29 is 55.2 Å². The molecule has 0 saturated carbocycles. The molecule has 0 bridgehead atoms. The van der Waals surface area contributed by atoms with Crippen LogP contribution < -0.4 is 10.6 Å². The van der Waals surface area contributed by atoms with Crippen LogP contribution in [0.4, 0.5) is 0 Å². The lowest BCUT2D eigenvalue weighted by molar-refractivity contribution is -0.137. The minimum Gasteiger partial charge on any atom is -0.383 e. The summed E-state index contributed by atoms with van der Waals surface area (Å²) in [4.78, 5) is 40.6. The minimum atomic E-state index is -4.98. The van der Waals surface area contributed by atoms with Crippen LogP contribution in [0.25, 0.3) is 0 Å². The van der Waals surface area contributed by atoms with Gasteiger partial charge in [-0.15, -0.1) is 0 Å². The zero-order valence-corrected chi connectivity index (χ0v) is 12.5. The van der Waals surface area contributed by atoms with Gasteiger partial charge in [-0.25, -0.2) is 0 Å². The van der Waals surface area contributed by atoms with E-state index in [2.05, 4.69) is 5.11 Å². The van der Waals surface area contributed by atoms with Crippen molar-refractivity contribution in [3.63, 3.8) is 0 Å². The molecule has 26 heavy (non-hydrogen) atoms. The Labute approximate surface area is 191 Å². The summed E-state index contributed by atoms with van der Waals surface area (Å²) in [7, 11) is 0. The second-order valence-electron chi connectivity index (χ2n) is 4.36. The molecule has 0 spiro atoms. The van der Waals surface area contributed by atoms with Gasteiger partial charge in [-0.1, -0.05) is 37.9 Å². The standard InChI is InChI=1S/C19H27N3O4/c1-11(2)16(23)18(25)20-12(3)17(24)21-15-14-8-6-5-7-13(14)9-10-22(4)19(15)26/h5-8,11-12,15-16,23H,9-10H2,1-4H3,(H,20,25)(H,21,24)/t12-,15?,16-/m0/s1/i1D3,2D3,3D3,4D3,5D,6D,7D,8D,9D2,10D2,11D,12D,15D,16D,23D/hD2. The molecular weight excluding hydrogens is 334 g/mol. The van der Waals surface area contributed by atoms with Gasteiger partial charge in [0.25, 0.3) is 0 Å². The lowest BCUT2D eigenvalue weighted by atomic mass is 9.99. The van der Waals surface area contributed by atoms with Gasteiger partial charge in [0.2, 0.25) is 19.2 Å². The van der Waals surface area contributed by atoms with Crippen molar-refractivity contribution in [2.45, 2.75) is 45.0 Å². The van der Waals surface area contributed by atoms with E-state index < -0.39 is 133 Å². The third kappa shape index (κ3) is 4.40. The first-order chi connectivity index (χ1) is 23.1. The third-order valence-corrected chi connectivity index (χ3v) is 2.67. The Balaban J connectivity index is 3.21. The number of fused-ring (bicyclic) bond motifs is 1. The number of nitrogens with one attached hydrogen (secondary N) is 2. The van der Waals surface area contributed by atoms with E-state index in [-0.39, 0.29) is 0 Å². The van der Waals surface area contributed by atoms with Gasteiger partial charge in [0.15, 0.2) is 2.82 Å². The van der Waals surface area contributed by atoms with Crippen LogP contribution in [0.5, 0.6) is 0 Å². The van der Waals surface area contributed by atoms with Crippen LogP contribution in [0.2, 0.25) is 2.82 Å². The number of likely N-dealkylation sites (N-methyl/N-ethyl adjacent to an activating group) is 1. The third-order valence-electron chi connectivity index (χ3n) is 2.67. The zero-order chi connectivity index (χ0) is 42.6. The fourth-order valence-corrected chi connectivity index (χ4v) is 1.52. The smallest absolute Gasteiger partial charge is 0.249 e. The first kappa shape index (κ1) is 4.52. The van der Waals surface area contributed by atoms with Gasteiger partial charge in [-0.05, 0) is 30.2 Å². The second kappa shape index (κ2) is 8.31. The lowest BCUT2D eigenvalue weighted by Gasteiger charge is -2.24. The van der Waals surface area contributed by atoms with Crippen LogP contribution >= 0.6 is 0 Å². The summed E-state index contributed by atoms with van der Waals surface area (Å²) in [5.74, 6) is -13.6. The van der Waals surface area contributed by atoms with E-state index >= 15 is 0 Å². The molecule has 142 valence electrons. The Morgan fingerprint density at radius 2 is 2.31 bits per heavy atom. The molecule has 1 aliphatic rings. The maximum absolute atomic E-state index is 14.1. The summed E-state index contributed by atoms with van der Waals surface area (Å²) in [6.45, 7) is -21.9. The van der Waals surface area contributed by atoms with Crippen molar-refractivity contribution in [1.82, 2.24) is 15.5 Å².